The minimum Gasteiger partial charge on any atom is -0.497 e. The number of halogens is 1. The fourth-order valence-corrected chi connectivity index (χ4v) is 3.64. The standard InChI is InChI=1S/C22H20ClN3O2/c1-14-12-16(23)7-10-19(14)25-21-20-18(4-3-11-24-20)22(27)26(21)13-15-5-8-17(28-2)9-6-15/h3-12,21,25H,13H2,1-2H3/t21-/m1/s1. The maximum Gasteiger partial charge on any atom is 0.258 e. The van der Waals surface area contributed by atoms with E-state index >= 15 is 0 Å². The van der Waals surface area contributed by atoms with Gasteiger partial charge in [0.25, 0.3) is 5.91 Å². The van der Waals surface area contributed by atoms with Crippen molar-refractivity contribution >= 4 is 23.2 Å². The van der Waals surface area contributed by atoms with Gasteiger partial charge in [0.1, 0.15) is 11.9 Å². The zero-order valence-electron chi connectivity index (χ0n) is 15.6. The smallest absolute Gasteiger partial charge is 0.258 e. The number of amides is 1. The summed E-state index contributed by atoms with van der Waals surface area (Å²) in [5.41, 5.74) is 4.30. The average molecular weight is 394 g/mol. The third-order valence-corrected chi connectivity index (χ3v) is 5.13. The Kier molecular flexibility index (Phi) is 4.92. The Hall–Kier alpha value is -3.05. The summed E-state index contributed by atoms with van der Waals surface area (Å²) >= 11 is 6.08. The number of nitrogens with one attached hydrogen (secondary N) is 1. The van der Waals surface area contributed by atoms with Crippen LogP contribution in [0.5, 0.6) is 5.75 Å². The lowest BCUT2D eigenvalue weighted by molar-refractivity contribution is 0.0727. The van der Waals surface area contributed by atoms with Crippen LogP contribution in [0.1, 0.15) is 33.3 Å². The first-order valence-electron chi connectivity index (χ1n) is 8.98. The summed E-state index contributed by atoms with van der Waals surface area (Å²) in [6, 6.07) is 17.0. The highest BCUT2D eigenvalue weighted by Crippen LogP contribution is 2.35. The van der Waals surface area contributed by atoms with Gasteiger partial charge in [-0.05, 0) is 60.5 Å². The number of carbonyl (C=O) groups is 1. The van der Waals surface area contributed by atoms with Crippen LogP contribution in [-0.4, -0.2) is 22.9 Å². The second kappa shape index (κ2) is 7.52. The molecule has 0 unspecified atom stereocenters. The minimum atomic E-state index is -0.356. The average Bonchev–Trinajstić information content (AvgIpc) is 2.96. The lowest BCUT2D eigenvalue weighted by Crippen LogP contribution is -2.32. The molecule has 1 aliphatic rings. The maximum absolute atomic E-state index is 13.1. The molecule has 1 aliphatic heterocycles. The van der Waals surface area contributed by atoms with E-state index in [0.29, 0.717) is 17.1 Å². The predicted octanol–water partition coefficient (Wildman–Crippen LogP) is 4.82. The molecule has 0 bridgehead atoms. The number of aryl methyl sites for hydroxylation is 1. The molecule has 0 saturated carbocycles. The van der Waals surface area contributed by atoms with Crippen molar-refractivity contribution < 1.29 is 9.53 Å². The normalized spacial score (nSPS) is 15.5. The van der Waals surface area contributed by atoms with Crippen molar-refractivity contribution in [1.82, 2.24) is 9.88 Å². The number of pyridine rings is 1. The van der Waals surface area contributed by atoms with Gasteiger partial charge in [-0.25, -0.2) is 0 Å². The first-order valence-corrected chi connectivity index (χ1v) is 9.36. The number of fused-ring (bicyclic) bond motifs is 1. The SMILES string of the molecule is COc1ccc(CN2C(=O)c3cccnc3[C@@H]2Nc2ccc(Cl)cc2C)cc1. The predicted molar refractivity (Wildman–Crippen MR) is 110 cm³/mol. The van der Waals surface area contributed by atoms with Crippen LogP contribution < -0.4 is 10.1 Å². The number of hydrogen-bond acceptors (Lipinski definition) is 4. The van der Waals surface area contributed by atoms with E-state index in [1.807, 2.05) is 55.5 Å². The van der Waals surface area contributed by atoms with Gasteiger partial charge in [0.05, 0.1) is 18.4 Å². The number of rotatable bonds is 5. The van der Waals surface area contributed by atoms with Gasteiger partial charge in [-0.15, -0.1) is 0 Å². The van der Waals surface area contributed by atoms with Crippen LogP contribution in [0.4, 0.5) is 5.69 Å². The molecule has 0 fully saturated rings. The van der Waals surface area contributed by atoms with Crippen LogP contribution in [0, 0.1) is 6.92 Å². The van der Waals surface area contributed by atoms with E-state index in [9.17, 15) is 4.79 Å². The van der Waals surface area contributed by atoms with Gasteiger partial charge >= 0.3 is 0 Å². The molecule has 0 spiro atoms. The van der Waals surface area contributed by atoms with E-state index in [0.717, 1.165) is 28.3 Å². The van der Waals surface area contributed by atoms with E-state index in [1.54, 1.807) is 24.3 Å². The molecule has 1 amide bonds. The van der Waals surface area contributed by atoms with Crippen LogP contribution >= 0.6 is 11.6 Å². The molecule has 2 aromatic carbocycles. The number of benzene rings is 2. The second-order valence-electron chi connectivity index (χ2n) is 6.72. The Morgan fingerprint density at radius 2 is 1.96 bits per heavy atom. The Morgan fingerprint density at radius 3 is 2.68 bits per heavy atom. The number of anilines is 1. The molecule has 0 radical (unpaired) electrons. The quantitative estimate of drug-likeness (QED) is 0.675. The summed E-state index contributed by atoms with van der Waals surface area (Å²) in [6.07, 6.45) is 1.36. The van der Waals surface area contributed by atoms with Gasteiger partial charge in [-0.1, -0.05) is 23.7 Å². The fourth-order valence-electron chi connectivity index (χ4n) is 3.41. The summed E-state index contributed by atoms with van der Waals surface area (Å²) in [4.78, 5) is 19.3. The number of aromatic nitrogens is 1. The monoisotopic (exact) mass is 393 g/mol. The van der Waals surface area contributed by atoms with Crippen LogP contribution in [0.3, 0.4) is 0 Å². The third-order valence-electron chi connectivity index (χ3n) is 4.89. The van der Waals surface area contributed by atoms with Crippen molar-refractivity contribution in [2.45, 2.75) is 19.6 Å². The van der Waals surface area contributed by atoms with E-state index in [4.69, 9.17) is 16.3 Å². The van der Waals surface area contributed by atoms with Gasteiger partial charge in [-0.3, -0.25) is 9.78 Å². The molecule has 28 heavy (non-hydrogen) atoms. The molecule has 4 rings (SSSR count). The molecular formula is C22H20ClN3O2. The molecule has 1 aromatic heterocycles. The van der Waals surface area contributed by atoms with Crippen molar-refractivity contribution in [3.8, 4) is 5.75 Å². The zero-order valence-corrected chi connectivity index (χ0v) is 16.4. The molecule has 3 aromatic rings. The van der Waals surface area contributed by atoms with Gasteiger partial charge in [0, 0.05) is 23.5 Å². The van der Waals surface area contributed by atoms with Crippen LogP contribution in [-0.2, 0) is 6.54 Å². The summed E-state index contributed by atoms with van der Waals surface area (Å²) in [6.45, 7) is 2.45. The molecule has 6 heteroatoms. The summed E-state index contributed by atoms with van der Waals surface area (Å²) in [7, 11) is 1.63. The minimum absolute atomic E-state index is 0.0389. The van der Waals surface area contributed by atoms with Crippen LogP contribution in [0.15, 0.2) is 60.8 Å². The Labute approximate surface area is 168 Å². The number of hydrogen-bond donors (Lipinski definition) is 1. The number of nitrogens with zero attached hydrogens (tertiary/aromatic N) is 2. The van der Waals surface area contributed by atoms with Crippen molar-refractivity contribution in [1.29, 1.82) is 0 Å². The first-order chi connectivity index (χ1) is 13.6. The zero-order chi connectivity index (χ0) is 19.7. The largest absolute Gasteiger partial charge is 0.497 e. The van der Waals surface area contributed by atoms with Crippen molar-refractivity contribution in [2.24, 2.45) is 0 Å². The number of carbonyl (C=O) groups excluding carboxylic acids is 1. The number of ether oxygens (including phenoxy) is 1. The first kappa shape index (κ1) is 18.3. The summed E-state index contributed by atoms with van der Waals surface area (Å²) in [5.74, 6) is 0.746. The maximum atomic E-state index is 13.1. The highest BCUT2D eigenvalue weighted by atomic mass is 35.5. The van der Waals surface area contributed by atoms with Gasteiger partial charge in [0.15, 0.2) is 0 Å². The summed E-state index contributed by atoms with van der Waals surface area (Å²) < 4.78 is 5.22. The lowest BCUT2D eigenvalue weighted by atomic mass is 10.1. The van der Waals surface area contributed by atoms with Gasteiger partial charge in [0.2, 0.25) is 0 Å². The van der Waals surface area contributed by atoms with Crippen molar-refractivity contribution in [3.05, 3.63) is 88.2 Å². The second-order valence-corrected chi connectivity index (χ2v) is 7.16. The van der Waals surface area contributed by atoms with E-state index in [1.165, 1.54) is 0 Å². The molecule has 142 valence electrons. The topological polar surface area (TPSA) is 54.5 Å². The molecule has 2 heterocycles. The molecule has 0 saturated heterocycles. The van der Waals surface area contributed by atoms with Crippen molar-refractivity contribution in [3.63, 3.8) is 0 Å². The van der Waals surface area contributed by atoms with Crippen molar-refractivity contribution in [2.75, 3.05) is 12.4 Å². The molecule has 0 aliphatic carbocycles. The summed E-state index contributed by atoms with van der Waals surface area (Å²) in [5, 5.41) is 4.15. The van der Waals surface area contributed by atoms with Crippen LogP contribution in [0.25, 0.3) is 0 Å². The Bertz CT molecular complexity index is 1020. The Balaban J connectivity index is 1.67. The highest BCUT2D eigenvalue weighted by molar-refractivity contribution is 6.30. The van der Waals surface area contributed by atoms with E-state index < -0.39 is 0 Å². The van der Waals surface area contributed by atoms with Crippen LogP contribution in [0.2, 0.25) is 5.02 Å². The van der Waals surface area contributed by atoms with E-state index in [2.05, 4.69) is 10.3 Å². The number of methoxy groups -OCH3 is 1. The third kappa shape index (κ3) is 3.41. The lowest BCUT2D eigenvalue weighted by Gasteiger charge is -2.27. The van der Waals surface area contributed by atoms with Gasteiger partial charge in [-0.2, -0.15) is 0 Å². The van der Waals surface area contributed by atoms with E-state index in [-0.39, 0.29) is 12.1 Å². The molecule has 1 atom stereocenters. The molecular weight excluding hydrogens is 374 g/mol. The molecule has 1 N–H and O–H groups in total. The highest BCUT2D eigenvalue weighted by Gasteiger charge is 2.38. The van der Waals surface area contributed by atoms with Gasteiger partial charge < -0.3 is 15.0 Å². The Morgan fingerprint density at radius 1 is 1.18 bits per heavy atom. The molecule has 5 nitrogen and oxygen atoms in total. The fraction of sp³-hybridized carbons (Fsp3) is 0.182.